The van der Waals surface area contributed by atoms with Crippen LogP contribution >= 0.6 is 0 Å². The molecule has 0 spiro atoms. The molecule has 21 unspecified atom stereocenters. The van der Waals surface area contributed by atoms with Crippen LogP contribution in [0.4, 0.5) is 0 Å². The van der Waals surface area contributed by atoms with E-state index in [4.69, 9.17) is 52.1 Å². The van der Waals surface area contributed by atoms with Crippen molar-refractivity contribution in [2.24, 2.45) is 17.8 Å². The van der Waals surface area contributed by atoms with Crippen LogP contribution in [0.5, 0.6) is 0 Å². The minimum atomic E-state index is -2.06. The highest BCUT2D eigenvalue weighted by Crippen LogP contribution is 2.36. The summed E-state index contributed by atoms with van der Waals surface area (Å²) in [6.07, 6.45) is -33.6. The Morgan fingerprint density at radius 3 is 1.78 bits per heavy atom. The molecule has 0 aliphatic carbocycles. The highest BCUT2D eigenvalue weighted by Gasteiger charge is 2.55. The summed E-state index contributed by atoms with van der Waals surface area (Å²) < 4.78 is 63.5. The van der Waals surface area contributed by atoms with E-state index in [1.54, 1.807) is 27.7 Å². The fourth-order valence-electron chi connectivity index (χ4n) is 9.62. The number of rotatable bonds is 25. The SMILES string of the molecule is CC[C@H](C)[C@H](C[C@H](O)CC(=O)OC1C(O)C(C)OC(C(C)C)C1OC1OC(C)C(OC2OCC(O)C(OC3OCC(O)(CO)C3O)C2O)C(O)C1O)OC(=O)C[C@@H](O)C[C@H](OC1OC(CO)C(O)C1O)[C@@H](C)CC. The minimum Gasteiger partial charge on any atom is -0.462 e. The van der Waals surface area contributed by atoms with Crippen LogP contribution in [0.15, 0.2) is 0 Å². The number of ether oxygens (including phenoxy) is 11. The lowest BCUT2D eigenvalue weighted by Crippen LogP contribution is -2.65. The standard InChI is InChI=1S/C48H84O26/c1-9-20(5)27(68-30(54)13-25(52)12-28(21(6)10-2)69-46-35(59)33(57)29(15-49)70-46)11-24(51)14-31(55)71-41-32(56)22(7)66-38(19(3)4)42(41)74-45-36(60)34(58)39(23(8)67-45)72-44-37(61)40(26(53)16-64-44)73-47-43(62)48(63,17-50)18-65-47/h19-29,32-47,49-53,56-63H,9-18H2,1-8H3/t20-,21-,22?,23?,24-,25-,26?,27-,28-,29?,32?,33?,34?,35?,36?,37?,38?,39?,40?,41?,42?,43?,44?,45?,46?,47?,48?/m0/s1. The smallest absolute Gasteiger partial charge is 0.308 e. The van der Waals surface area contributed by atoms with E-state index in [-0.39, 0.29) is 30.6 Å². The highest BCUT2D eigenvalue weighted by molar-refractivity contribution is 5.71. The zero-order chi connectivity index (χ0) is 55.1. The molecule has 5 heterocycles. The third-order valence-electron chi connectivity index (χ3n) is 14.9. The maximum Gasteiger partial charge on any atom is 0.308 e. The van der Waals surface area contributed by atoms with Crippen LogP contribution in [0.1, 0.15) is 93.9 Å². The lowest BCUT2D eigenvalue weighted by molar-refractivity contribution is -0.367. The van der Waals surface area contributed by atoms with Crippen LogP contribution < -0.4 is 0 Å². The molecule has 13 N–H and O–H groups in total. The first-order valence-corrected chi connectivity index (χ1v) is 25.7. The highest BCUT2D eigenvalue weighted by atomic mass is 16.8. The van der Waals surface area contributed by atoms with Gasteiger partial charge in [-0.3, -0.25) is 9.59 Å². The molecule has 0 saturated carbocycles. The van der Waals surface area contributed by atoms with Crippen molar-refractivity contribution in [2.75, 3.05) is 26.4 Å². The largest absolute Gasteiger partial charge is 0.462 e. The molecular weight excluding hydrogens is 993 g/mol. The predicted octanol–water partition coefficient (Wildman–Crippen LogP) is -4.05. The third kappa shape index (κ3) is 15.2. The van der Waals surface area contributed by atoms with Gasteiger partial charge in [0.05, 0.1) is 75.9 Å². The summed E-state index contributed by atoms with van der Waals surface area (Å²) >= 11 is 0. The van der Waals surface area contributed by atoms with Crippen LogP contribution in [-0.2, 0) is 61.7 Å². The quantitative estimate of drug-likeness (QED) is 0.0387. The van der Waals surface area contributed by atoms with E-state index in [0.29, 0.717) is 12.8 Å². The number of aliphatic hydroxyl groups is 13. The second-order valence-electron chi connectivity index (χ2n) is 21.0. The molecule has 0 amide bonds. The van der Waals surface area contributed by atoms with E-state index >= 15 is 0 Å². The van der Waals surface area contributed by atoms with Crippen LogP contribution in [0.3, 0.4) is 0 Å². The maximum absolute atomic E-state index is 13.7. The van der Waals surface area contributed by atoms with Crippen LogP contribution in [0, 0.1) is 17.8 Å². The molecule has 0 aromatic heterocycles. The Labute approximate surface area is 430 Å². The monoisotopic (exact) mass is 1080 g/mol. The Bertz CT molecular complexity index is 1720. The molecular formula is C48H84O26. The molecule has 0 aromatic carbocycles. The lowest BCUT2D eigenvalue weighted by Gasteiger charge is -2.49. The number of aliphatic hydroxyl groups excluding tert-OH is 12. The van der Waals surface area contributed by atoms with Gasteiger partial charge in [0.2, 0.25) is 0 Å². The molecule has 0 radical (unpaired) electrons. The van der Waals surface area contributed by atoms with Gasteiger partial charge in [0, 0.05) is 12.8 Å². The average Bonchev–Trinajstić information content (AvgIpc) is 3.79. The minimum absolute atomic E-state index is 0.0741. The topological polar surface area (TPSA) is 399 Å². The molecule has 5 fully saturated rings. The molecule has 5 rings (SSSR count). The first kappa shape index (κ1) is 62.9. The first-order chi connectivity index (χ1) is 34.8. The van der Waals surface area contributed by atoms with Gasteiger partial charge in [-0.25, -0.2) is 0 Å². The summed E-state index contributed by atoms with van der Waals surface area (Å²) in [4.78, 5) is 26.9. The lowest BCUT2D eigenvalue weighted by atomic mass is 9.89. The Morgan fingerprint density at radius 2 is 1.20 bits per heavy atom. The van der Waals surface area contributed by atoms with Gasteiger partial charge >= 0.3 is 11.9 Å². The van der Waals surface area contributed by atoms with Crippen molar-refractivity contribution >= 4 is 11.9 Å². The van der Waals surface area contributed by atoms with Crippen molar-refractivity contribution in [1.29, 1.82) is 0 Å². The Balaban J connectivity index is 1.18. The van der Waals surface area contributed by atoms with Gasteiger partial charge in [-0.15, -0.1) is 0 Å². The van der Waals surface area contributed by atoms with E-state index in [0.717, 1.165) is 0 Å². The molecule has 26 nitrogen and oxygen atoms in total. The fraction of sp³-hybridized carbons (Fsp3) is 0.958. The van der Waals surface area contributed by atoms with Crippen molar-refractivity contribution in [3.63, 3.8) is 0 Å². The number of esters is 2. The summed E-state index contributed by atoms with van der Waals surface area (Å²) in [6.45, 7) is 11.5. The summed E-state index contributed by atoms with van der Waals surface area (Å²) in [5, 5.41) is 139. The van der Waals surface area contributed by atoms with E-state index in [1.807, 2.05) is 20.8 Å². The predicted molar refractivity (Wildman–Crippen MR) is 247 cm³/mol. The summed E-state index contributed by atoms with van der Waals surface area (Å²) in [5.74, 6) is -2.64. The van der Waals surface area contributed by atoms with Gasteiger partial charge in [0.25, 0.3) is 0 Å². The number of hydrogen-bond acceptors (Lipinski definition) is 26. The van der Waals surface area contributed by atoms with Gasteiger partial charge in [-0.05, 0) is 31.6 Å². The first-order valence-electron chi connectivity index (χ1n) is 25.7. The normalized spacial score (nSPS) is 42.4. The van der Waals surface area contributed by atoms with Crippen LogP contribution in [0.2, 0.25) is 0 Å². The van der Waals surface area contributed by atoms with E-state index in [2.05, 4.69) is 0 Å². The zero-order valence-corrected chi connectivity index (χ0v) is 43.3. The van der Waals surface area contributed by atoms with Crippen LogP contribution in [0.25, 0.3) is 0 Å². The summed E-state index contributed by atoms with van der Waals surface area (Å²) in [7, 11) is 0. The van der Waals surface area contributed by atoms with Gasteiger partial charge in [0.15, 0.2) is 31.3 Å². The molecule has 5 saturated heterocycles. The van der Waals surface area contributed by atoms with Crippen molar-refractivity contribution in [1.82, 2.24) is 0 Å². The van der Waals surface area contributed by atoms with Crippen molar-refractivity contribution < 1.29 is 128 Å². The number of hydrogen-bond donors (Lipinski definition) is 13. The zero-order valence-electron chi connectivity index (χ0n) is 43.3. The maximum atomic E-state index is 13.7. The van der Waals surface area contributed by atoms with Crippen LogP contribution in [-0.4, -0.2) is 258 Å². The Morgan fingerprint density at radius 1 is 0.622 bits per heavy atom. The molecule has 0 aromatic rings. The second kappa shape index (κ2) is 27.8. The fourth-order valence-corrected chi connectivity index (χ4v) is 9.62. The molecule has 27 atom stereocenters. The molecule has 26 heteroatoms. The number of carbonyl (C=O) groups excluding carboxylic acids is 2. The molecule has 5 aliphatic rings. The summed E-state index contributed by atoms with van der Waals surface area (Å²) in [5.41, 5.74) is -2.06. The van der Waals surface area contributed by atoms with E-state index in [1.165, 1.54) is 6.92 Å². The van der Waals surface area contributed by atoms with Gasteiger partial charge in [-0.1, -0.05) is 54.4 Å². The van der Waals surface area contributed by atoms with Gasteiger partial charge in [-0.2, -0.15) is 0 Å². The summed E-state index contributed by atoms with van der Waals surface area (Å²) in [6, 6.07) is 0. The van der Waals surface area contributed by atoms with E-state index < -0.39 is 204 Å². The Hall–Kier alpha value is -1.94. The van der Waals surface area contributed by atoms with Crippen molar-refractivity contribution in [3.8, 4) is 0 Å². The van der Waals surface area contributed by atoms with Crippen molar-refractivity contribution in [3.05, 3.63) is 0 Å². The van der Waals surface area contributed by atoms with Gasteiger partial charge in [0.1, 0.15) is 85.0 Å². The molecule has 5 aliphatic heterocycles. The van der Waals surface area contributed by atoms with Crippen molar-refractivity contribution in [2.45, 2.75) is 247 Å². The van der Waals surface area contributed by atoms with E-state index in [9.17, 15) is 76.0 Å². The number of carbonyl (C=O) groups is 2. The molecule has 0 bridgehead atoms. The van der Waals surface area contributed by atoms with Gasteiger partial charge < -0.3 is 118 Å². The third-order valence-corrected chi connectivity index (χ3v) is 14.9. The molecule has 74 heavy (non-hydrogen) atoms. The average molecular weight is 1080 g/mol. The second-order valence-corrected chi connectivity index (χ2v) is 21.0. The Kier molecular flexibility index (Phi) is 23.6. The molecule has 432 valence electrons.